The van der Waals surface area contributed by atoms with Crippen LogP contribution in [0.4, 0.5) is 4.79 Å². The molecule has 1 aliphatic heterocycles. The van der Waals surface area contributed by atoms with Gasteiger partial charge in [0.05, 0.1) is 12.7 Å². The first-order valence-corrected chi connectivity index (χ1v) is 8.79. The molecule has 1 aliphatic carbocycles. The molecule has 1 saturated heterocycles. The highest BCUT2D eigenvalue weighted by atomic mass is 16.5. The third kappa shape index (κ3) is 5.85. The summed E-state index contributed by atoms with van der Waals surface area (Å²) in [7, 11) is 0. The molecule has 0 aromatic rings. The van der Waals surface area contributed by atoms with Crippen molar-refractivity contribution in [3.63, 3.8) is 0 Å². The molecule has 0 aromatic carbocycles. The maximum atomic E-state index is 12.2. The highest BCUT2D eigenvalue weighted by molar-refractivity contribution is 5.74. The first kappa shape index (κ1) is 16.6. The maximum absolute atomic E-state index is 12.2. The van der Waals surface area contributed by atoms with Crippen LogP contribution in [-0.4, -0.2) is 43.3 Å². The van der Waals surface area contributed by atoms with Gasteiger partial charge in [0.2, 0.25) is 0 Å². The average molecular weight is 296 g/mol. The maximum Gasteiger partial charge on any atom is 0.317 e. The second-order valence-corrected chi connectivity index (χ2v) is 7.07. The van der Waals surface area contributed by atoms with Gasteiger partial charge in [0.15, 0.2) is 0 Å². The van der Waals surface area contributed by atoms with Crippen molar-refractivity contribution >= 4 is 6.03 Å². The number of likely N-dealkylation sites (tertiary alicyclic amines) is 1. The van der Waals surface area contributed by atoms with E-state index in [-0.39, 0.29) is 6.03 Å². The largest absolute Gasteiger partial charge is 0.376 e. The highest BCUT2D eigenvalue weighted by Crippen LogP contribution is 2.21. The van der Waals surface area contributed by atoms with Gasteiger partial charge in [-0.05, 0) is 31.1 Å². The van der Waals surface area contributed by atoms with Gasteiger partial charge in [-0.3, -0.25) is 0 Å². The van der Waals surface area contributed by atoms with Crippen LogP contribution in [0.25, 0.3) is 0 Å². The van der Waals surface area contributed by atoms with Crippen LogP contribution in [0.15, 0.2) is 0 Å². The summed E-state index contributed by atoms with van der Waals surface area (Å²) in [5.41, 5.74) is 0. The molecule has 0 radical (unpaired) electrons. The molecule has 4 heteroatoms. The lowest BCUT2D eigenvalue weighted by Gasteiger charge is -2.35. The van der Waals surface area contributed by atoms with E-state index >= 15 is 0 Å². The Morgan fingerprint density at radius 3 is 2.33 bits per heavy atom. The van der Waals surface area contributed by atoms with Crippen molar-refractivity contribution in [2.45, 2.75) is 64.9 Å². The first-order chi connectivity index (χ1) is 10.1. The second-order valence-electron chi connectivity index (χ2n) is 7.07. The third-order valence-corrected chi connectivity index (χ3v) is 4.69. The van der Waals surface area contributed by atoms with Gasteiger partial charge in [-0.25, -0.2) is 4.79 Å². The van der Waals surface area contributed by atoms with Crippen LogP contribution < -0.4 is 5.32 Å². The van der Waals surface area contributed by atoms with E-state index < -0.39 is 0 Å². The van der Waals surface area contributed by atoms with Crippen LogP contribution in [0, 0.1) is 11.8 Å². The van der Waals surface area contributed by atoms with Gasteiger partial charge in [-0.2, -0.15) is 0 Å². The van der Waals surface area contributed by atoms with Crippen LogP contribution in [-0.2, 0) is 4.74 Å². The van der Waals surface area contributed by atoms with Crippen molar-refractivity contribution in [1.82, 2.24) is 10.2 Å². The molecule has 1 N–H and O–H groups in total. The van der Waals surface area contributed by atoms with Gasteiger partial charge >= 0.3 is 6.03 Å². The number of ether oxygens (including phenoxy) is 1. The molecule has 0 aromatic heterocycles. The Kier molecular flexibility index (Phi) is 6.81. The minimum absolute atomic E-state index is 0.0814. The van der Waals surface area contributed by atoms with Gasteiger partial charge in [0, 0.05) is 19.6 Å². The van der Waals surface area contributed by atoms with Gasteiger partial charge in [0.25, 0.3) is 0 Å². The van der Waals surface area contributed by atoms with Gasteiger partial charge < -0.3 is 15.0 Å². The lowest BCUT2D eigenvalue weighted by molar-refractivity contribution is 0.0450. The summed E-state index contributed by atoms with van der Waals surface area (Å²) < 4.78 is 5.91. The van der Waals surface area contributed by atoms with Crippen LogP contribution in [0.3, 0.4) is 0 Å². The number of nitrogens with zero attached hydrogens (tertiary/aromatic N) is 1. The smallest absolute Gasteiger partial charge is 0.317 e. The molecule has 2 fully saturated rings. The van der Waals surface area contributed by atoms with Crippen molar-refractivity contribution in [2.24, 2.45) is 11.8 Å². The molecule has 4 nitrogen and oxygen atoms in total. The van der Waals surface area contributed by atoms with E-state index in [2.05, 4.69) is 19.2 Å². The molecule has 0 unspecified atom stereocenters. The predicted molar refractivity (Wildman–Crippen MR) is 85.4 cm³/mol. The lowest BCUT2D eigenvalue weighted by Crippen LogP contribution is -2.48. The standard InChI is InChI=1S/C17H32N2O2/c1-14-11-15(2)13-19(12-14)17(20)18-9-10-21-16-7-5-3-4-6-8-16/h14-16H,3-13H2,1-2H3,(H,18,20)/t14-,15-/m1/s1. The molecule has 2 atom stereocenters. The van der Waals surface area contributed by atoms with Crippen molar-refractivity contribution in [3.05, 3.63) is 0 Å². The van der Waals surface area contributed by atoms with E-state index in [1.54, 1.807) is 0 Å². The number of carbonyl (C=O) groups excluding carboxylic acids is 1. The fourth-order valence-electron chi connectivity index (χ4n) is 3.73. The topological polar surface area (TPSA) is 41.6 Å². The van der Waals surface area contributed by atoms with Crippen molar-refractivity contribution in [2.75, 3.05) is 26.2 Å². The number of nitrogens with one attached hydrogen (secondary N) is 1. The van der Waals surface area contributed by atoms with Crippen LogP contribution in [0.2, 0.25) is 0 Å². The number of rotatable bonds is 4. The summed E-state index contributed by atoms with van der Waals surface area (Å²) in [4.78, 5) is 14.1. The second kappa shape index (κ2) is 8.62. The van der Waals surface area contributed by atoms with E-state index in [1.165, 1.54) is 44.9 Å². The van der Waals surface area contributed by atoms with E-state index in [4.69, 9.17) is 4.74 Å². The van der Waals surface area contributed by atoms with Crippen molar-refractivity contribution < 1.29 is 9.53 Å². The van der Waals surface area contributed by atoms with E-state index in [0.717, 1.165) is 13.1 Å². The molecule has 0 bridgehead atoms. The Bertz CT molecular complexity index is 304. The zero-order valence-corrected chi connectivity index (χ0v) is 13.8. The summed E-state index contributed by atoms with van der Waals surface area (Å²) >= 11 is 0. The molecular formula is C17H32N2O2. The van der Waals surface area contributed by atoms with E-state index in [9.17, 15) is 4.79 Å². The van der Waals surface area contributed by atoms with Crippen LogP contribution in [0.5, 0.6) is 0 Å². The van der Waals surface area contributed by atoms with Gasteiger partial charge in [0.1, 0.15) is 0 Å². The SMILES string of the molecule is C[C@@H]1C[C@@H](C)CN(C(=O)NCCOC2CCCCCC2)C1. The summed E-state index contributed by atoms with van der Waals surface area (Å²) in [6.07, 6.45) is 9.31. The average Bonchev–Trinajstić information content (AvgIpc) is 2.71. The number of hydrogen-bond donors (Lipinski definition) is 1. The molecule has 2 aliphatic rings. The Morgan fingerprint density at radius 2 is 1.71 bits per heavy atom. The Labute approximate surface area is 129 Å². The summed E-state index contributed by atoms with van der Waals surface area (Å²) in [6, 6.07) is 0.0814. The van der Waals surface area contributed by atoms with E-state index in [0.29, 0.717) is 31.1 Å². The number of amides is 2. The fraction of sp³-hybridized carbons (Fsp3) is 0.941. The zero-order valence-electron chi connectivity index (χ0n) is 13.8. The summed E-state index contributed by atoms with van der Waals surface area (Å²) in [5.74, 6) is 1.23. The number of urea groups is 1. The molecular weight excluding hydrogens is 264 g/mol. The minimum atomic E-state index is 0.0814. The lowest BCUT2D eigenvalue weighted by atomic mass is 9.92. The van der Waals surface area contributed by atoms with Gasteiger partial charge in [-0.15, -0.1) is 0 Å². The fourth-order valence-corrected chi connectivity index (χ4v) is 3.73. The molecule has 1 saturated carbocycles. The molecule has 122 valence electrons. The van der Waals surface area contributed by atoms with Crippen molar-refractivity contribution in [3.8, 4) is 0 Å². The molecule has 1 heterocycles. The Balaban J connectivity index is 1.60. The van der Waals surface area contributed by atoms with Crippen LogP contribution in [0.1, 0.15) is 58.8 Å². The summed E-state index contributed by atoms with van der Waals surface area (Å²) in [5, 5.41) is 3.01. The molecule has 2 rings (SSSR count). The number of hydrogen-bond acceptors (Lipinski definition) is 2. The molecule has 2 amide bonds. The zero-order chi connectivity index (χ0) is 15.1. The molecule has 21 heavy (non-hydrogen) atoms. The monoisotopic (exact) mass is 296 g/mol. The highest BCUT2D eigenvalue weighted by Gasteiger charge is 2.25. The van der Waals surface area contributed by atoms with Gasteiger partial charge in [-0.1, -0.05) is 39.5 Å². The number of piperidine rings is 1. The minimum Gasteiger partial charge on any atom is -0.376 e. The van der Waals surface area contributed by atoms with E-state index in [1.807, 2.05) is 4.90 Å². The van der Waals surface area contributed by atoms with Crippen molar-refractivity contribution in [1.29, 1.82) is 0 Å². The summed E-state index contributed by atoms with van der Waals surface area (Å²) in [6.45, 7) is 7.51. The number of carbonyl (C=O) groups is 1. The third-order valence-electron chi connectivity index (χ3n) is 4.69. The Hall–Kier alpha value is -0.770. The van der Waals surface area contributed by atoms with Crippen LogP contribution >= 0.6 is 0 Å². The predicted octanol–water partition coefficient (Wildman–Crippen LogP) is 3.41. The quantitative estimate of drug-likeness (QED) is 0.638. The molecule has 0 spiro atoms. The Morgan fingerprint density at radius 1 is 1.10 bits per heavy atom. The normalized spacial score (nSPS) is 28.2. The first-order valence-electron chi connectivity index (χ1n) is 8.79.